The van der Waals surface area contributed by atoms with E-state index in [2.05, 4.69) is 4.90 Å². The zero-order valence-corrected chi connectivity index (χ0v) is 16.0. The van der Waals surface area contributed by atoms with Gasteiger partial charge in [-0.05, 0) is 57.2 Å². The van der Waals surface area contributed by atoms with Crippen LogP contribution in [0.5, 0.6) is 5.75 Å². The second kappa shape index (κ2) is 8.21. The zero-order valence-electron chi connectivity index (χ0n) is 16.0. The van der Waals surface area contributed by atoms with Crippen molar-refractivity contribution in [3.63, 3.8) is 0 Å². The zero-order chi connectivity index (χ0) is 18.7. The summed E-state index contributed by atoms with van der Waals surface area (Å²) in [6, 6.07) is 5.80. The highest BCUT2D eigenvalue weighted by Crippen LogP contribution is 2.41. The first-order chi connectivity index (χ1) is 12.5. The van der Waals surface area contributed by atoms with Crippen molar-refractivity contribution in [1.29, 1.82) is 0 Å². The predicted octanol–water partition coefficient (Wildman–Crippen LogP) is 3.59. The molecule has 3 rings (SSSR count). The van der Waals surface area contributed by atoms with E-state index >= 15 is 0 Å². The number of benzene rings is 1. The summed E-state index contributed by atoms with van der Waals surface area (Å²) in [4.78, 5) is 26.5. The molecule has 3 unspecified atom stereocenters. The van der Waals surface area contributed by atoms with Crippen molar-refractivity contribution >= 4 is 11.8 Å². The lowest BCUT2D eigenvalue weighted by Gasteiger charge is -2.33. The fourth-order valence-electron chi connectivity index (χ4n) is 4.56. The Balaban J connectivity index is 1.92. The highest BCUT2D eigenvalue weighted by molar-refractivity contribution is 5.94. The van der Waals surface area contributed by atoms with Crippen molar-refractivity contribution in [2.45, 2.75) is 64.6 Å². The molecule has 0 spiro atoms. The second-order valence-electron chi connectivity index (χ2n) is 7.37. The molecule has 5 nitrogen and oxygen atoms in total. The lowest BCUT2D eigenvalue weighted by atomic mass is 9.84. The number of esters is 1. The Kier molecular flexibility index (Phi) is 5.97. The summed E-state index contributed by atoms with van der Waals surface area (Å²) < 4.78 is 10.9. The van der Waals surface area contributed by atoms with Gasteiger partial charge < -0.3 is 9.47 Å². The topological polar surface area (TPSA) is 55.8 Å². The number of nitrogens with zero attached hydrogens (tertiary/aromatic N) is 1. The molecule has 0 N–H and O–H groups in total. The minimum atomic E-state index is -0.205. The molecule has 2 fully saturated rings. The first kappa shape index (κ1) is 18.9. The van der Waals surface area contributed by atoms with E-state index in [-0.39, 0.29) is 17.8 Å². The van der Waals surface area contributed by atoms with Gasteiger partial charge in [-0.15, -0.1) is 0 Å². The van der Waals surface area contributed by atoms with Gasteiger partial charge >= 0.3 is 5.97 Å². The van der Waals surface area contributed by atoms with Crippen LogP contribution in [-0.4, -0.2) is 42.5 Å². The number of fused-ring (bicyclic) bond motifs is 1. The smallest absolute Gasteiger partial charge is 0.323 e. The normalized spacial score (nSPS) is 25.6. The first-order valence-electron chi connectivity index (χ1n) is 9.65. The van der Waals surface area contributed by atoms with Crippen LogP contribution in [0.3, 0.4) is 0 Å². The summed E-state index contributed by atoms with van der Waals surface area (Å²) in [5.74, 6) is 1.23. The van der Waals surface area contributed by atoms with Crippen LogP contribution in [0.15, 0.2) is 18.2 Å². The predicted molar refractivity (Wildman–Crippen MR) is 99.3 cm³/mol. The Bertz CT molecular complexity index is 672. The van der Waals surface area contributed by atoms with Crippen LogP contribution >= 0.6 is 0 Å². The standard InChI is InChI=1S/C21H29NO4/c1-4-26-20-10-9-15(14(2)23)11-17(20)13-22-18-8-6-5-7-16(18)12-19(22)21(24)25-3/h9-11,16,18-19H,4-8,12-13H2,1-3H3. The molecule has 1 aromatic rings. The maximum absolute atomic E-state index is 12.4. The molecule has 1 saturated carbocycles. The quantitative estimate of drug-likeness (QED) is 0.574. The molecular weight excluding hydrogens is 330 g/mol. The highest BCUT2D eigenvalue weighted by Gasteiger charge is 2.45. The number of carbonyl (C=O) groups is 2. The third-order valence-electron chi connectivity index (χ3n) is 5.81. The molecule has 1 aromatic carbocycles. The third-order valence-corrected chi connectivity index (χ3v) is 5.81. The van der Waals surface area contributed by atoms with Crippen LogP contribution in [0, 0.1) is 5.92 Å². The van der Waals surface area contributed by atoms with E-state index in [0.717, 1.165) is 24.2 Å². The Morgan fingerprint density at radius 2 is 2.00 bits per heavy atom. The summed E-state index contributed by atoms with van der Waals surface area (Å²) in [5, 5.41) is 0. The Labute approximate surface area is 155 Å². The monoisotopic (exact) mass is 359 g/mol. The van der Waals surface area contributed by atoms with Gasteiger partial charge in [0.1, 0.15) is 11.8 Å². The summed E-state index contributed by atoms with van der Waals surface area (Å²) in [6.07, 6.45) is 5.62. The van der Waals surface area contributed by atoms with Crippen molar-refractivity contribution in [2.75, 3.05) is 13.7 Å². The van der Waals surface area contributed by atoms with E-state index in [1.54, 1.807) is 6.92 Å². The van der Waals surface area contributed by atoms with Crippen LogP contribution in [0.1, 0.15) is 61.9 Å². The fraction of sp³-hybridized carbons (Fsp3) is 0.619. The van der Waals surface area contributed by atoms with Crippen molar-refractivity contribution < 1.29 is 19.1 Å². The molecule has 0 bridgehead atoms. The Hall–Kier alpha value is -1.88. The van der Waals surface area contributed by atoms with Gasteiger partial charge in [0, 0.05) is 23.7 Å². The fourth-order valence-corrected chi connectivity index (χ4v) is 4.56. The van der Waals surface area contributed by atoms with E-state index in [0.29, 0.717) is 30.7 Å². The maximum Gasteiger partial charge on any atom is 0.323 e. The van der Waals surface area contributed by atoms with Crippen molar-refractivity contribution in [1.82, 2.24) is 4.90 Å². The molecule has 1 aliphatic carbocycles. The average molecular weight is 359 g/mol. The van der Waals surface area contributed by atoms with Gasteiger partial charge in [-0.3, -0.25) is 14.5 Å². The largest absolute Gasteiger partial charge is 0.494 e. The van der Waals surface area contributed by atoms with E-state index < -0.39 is 0 Å². The van der Waals surface area contributed by atoms with Gasteiger partial charge in [-0.1, -0.05) is 12.8 Å². The molecule has 1 heterocycles. The van der Waals surface area contributed by atoms with E-state index in [1.807, 2.05) is 25.1 Å². The van der Waals surface area contributed by atoms with E-state index in [4.69, 9.17) is 9.47 Å². The number of methoxy groups -OCH3 is 1. The van der Waals surface area contributed by atoms with Gasteiger partial charge in [-0.25, -0.2) is 0 Å². The molecule has 1 saturated heterocycles. The number of ether oxygens (including phenoxy) is 2. The highest BCUT2D eigenvalue weighted by atomic mass is 16.5. The lowest BCUT2D eigenvalue weighted by Crippen LogP contribution is -2.42. The van der Waals surface area contributed by atoms with Gasteiger partial charge in [0.05, 0.1) is 13.7 Å². The van der Waals surface area contributed by atoms with Gasteiger partial charge in [0.15, 0.2) is 5.78 Å². The van der Waals surface area contributed by atoms with Crippen LogP contribution in [-0.2, 0) is 16.1 Å². The van der Waals surface area contributed by atoms with Crippen LogP contribution < -0.4 is 4.74 Å². The number of hydrogen-bond acceptors (Lipinski definition) is 5. The molecule has 5 heteroatoms. The summed E-state index contributed by atoms with van der Waals surface area (Å²) in [6.45, 7) is 4.70. The second-order valence-corrected chi connectivity index (χ2v) is 7.37. The Morgan fingerprint density at radius 3 is 2.69 bits per heavy atom. The summed E-state index contributed by atoms with van der Waals surface area (Å²) >= 11 is 0. The number of hydrogen-bond donors (Lipinski definition) is 0. The molecule has 2 aliphatic rings. The van der Waals surface area contributed by atoms with Gasteiger partial charge in [0.2, 0.25) is 0 Å². The first-order valence-corrected chi connectivity index (χ1v) is 9.65. The lowest BCUT2D eigenvalue weighted by molar-refractivity contribution is -0.146. The van der Waals surface area contributed by atoms with Crippen LogP contribution in [0.25, 0.3) is 0 Å². The molecular formula is C21H29NO4. The van der Waals surface area contributed by atoms with E-state index in [9.17, 15) is 9.59 Å². The van der Waals surface area contributed by atoms with Crippen molar-refractivity contribution in [3.05, 3.63) is 29.3 Å². The van der Waals surface area contributed by atoms with Gasteiger partial charge in [0.25, 0.3) is 0 Å². The Morgan fingerprint density at radius 1 is 1.23 bits per heavy atom. The molecule has 0 amide bonds. The van der Waals surface area contributed by atoms with Crippen molar-refractivity contribution in [3.8, 4) is 5.75 Å². The molecule has 3 atom stereocenters. The third kappa shape index (κ3) is 3.78. The average Bonchev–Trinajstić information content (AvgIpc) is 3.01. The van der Waals surface area contributed by atoms with Crippen LogP contribution in [0.2, 0.25) is 0 Å². The van der Waals surface area contributed by atoms with Gasteiger partial charge in [-0.2, -0.15) is 0 Å². The number of likely N-dealkylation sites (tertiary alicyclic amines) is 1. The SMILES string of the molecule is CCOc1ccc(C(C)=O)cc1CN1C(C(=O)OC)CC2CCCCC21. The molecule has 0 radical (unpaired) electrons. The molecule has 1 aliphatic heterocycles. The maximum atomic E-state index is 12.4. The number of ketones is 1. The minimum absolute atomic E-state index is 0.0378. The summed E-state index contributed by atoms with van der Waals surface area (Å²) in [7, 11) is 1.46. The number of carbonyl (C=O) groups excluding carboxylic acids is 2. The molecule has 26 heavy (non-hydrogen) atoms. The molecule has 0 aromatic heterocycles. The molecule has 142 valence electrons. The number of rotatable bonds is 6. The van der Waals surface area contributed by atoms with Crippen LogP contribution in [0.4, 0.5) is 0 Å². The number of Topliss-reactive ketones (excluding diaryl/α,β-unsaturated/α-hetero) is 1. The van der Waals surface area contributed by atoms with E-state index in [1.165, 1.54) is 26.4 Å². The van der Waals surface area contributed by atoms with Crippen molar-refractivity contribution in [2.24, 2.45) is 5.92 Å². The minimum Gasteiger partial charge on any atom is -0.494 e. The summed E-state index contributed by atoms with van der Waals surface area (Å²) in [5.41, 5.74) is 1.65.